The molecule has 0 saturated heterocycles. The molecule has 0 aliphatic heterocycles. The van der Waals surface area contributed by atoms with Crippen molar-refractivity contribution in [3.63, 3.8) is 0 Å². The Bertz CT molecular complexity index is 1640. The fraction of sp³-hybridized carbons (Fsp3) is 0.400. The van der Waals surface area contributed by atoms with E-state index in [0.29, 0.717) is 0 Å². The van der Waals surface area contributed by atoms with Crippen LogP contribution in [-0.4, -0.2) is 8.42 Å². The molecule has 0 N–H and O–H groups in total. The average Bonchev–Trinajstić information content (AvgIpc) is 2.85. The molecule has 24 heavy (non-hydrogen) atoms. The Balaban J connectivity index is 0.000000514. The molecule has 0 fully saturated rings. The number of halogens is 1. The topological polar surface area (TPSA) is 34.1 Å². The Kier molecular flexibility index (Phi) is 1.39. The van der Waals surface area contributed by atoms with E-state index in [1.807, 2.05) is 0 Å². The zero-order valence-electron chi connectivity index (χ0n) is 38.6. The standard InChI is InChI=1S/C10H13ClO2S.C10H14/c1-10(2,3)8-4-6-9(7-5-8)14(11,12)13;1-10(2,3)9-7-5-4-6-8-9/h4-7H,1-3H3;4-8H,1-3H3/i1D3,2D3,3D3,4D,5D,6D,7D;1D3,2D3,3D3,4D,5D,6D,7D,8D. The normalized spacial score (nSPS) is 31.8. The Labute approximate surface area is 189 Å². The molecule has 0 heterocycles. The third-order valence-corrected chi connectivity index (χ3v) is 3.25. The van der Waals surface area contributed by atoms with Gasteiger partial charge in [-0.25, -0.2) is 8.42 Å². The van der Waals surface area contributed by atoms with Crippen molar-refractivity contribution in [2.75, 3.05) is 0 Å². The lowest BCUT2D eigenvalue weighted by atomic mass is 9.87. The second kappa shape index (κ2) is 7.71. The lowest BCUT2D eigenvalue weighted by molar-refractivity contribution is 0.588. The van der Waals surface area contributed by atoms with Gasteiger partial charge in [0, 0.05) is 35.4 Å². The second-order valence-electron chi connectivity index (χ2n) is 4.14. The molecule has 4 heteroatoms. The van der Waals surface area contributed by atoms with E-state index in [0.717, 1.165) is 0 Å². The van der Waals surface area contributed by atoms with Crippen LogP contribution >= 0.6 is 10.7 Å². The van der Waals surface area contributed by atoms with Gasteiger partial charge in [-0.2, -0.15) is 0 Å². The minimum atomic E-state index is -4.84. The van der Waals surface area contributed by atoms with Crippen molar-refractivity contribution in [2.24, 2.45) is 0 Å². The van der Waals surface area contributed by atoms with Crippen LogP contribution in [0.25, 0.3) is 0 Å². The molecule has 0 amide bonds. The van der Waals surface area contributed by atoms with Crippen LogP contribution in [0.2, 0.25) is 0 Å². The molecular formula is C20H27ClO2S. The number of hydrogen-bond donors (Lipinski definition) is 0. The smallest absolute Gasteiger partial charge is 0.207 e. The van der Waals surface area contributed by atoms with Crippen LogP contribution in [-0.2, 0) is 19.9 Å². The fourth-order valence-electron chi connectivity index (χ4n) is 1.05. The first-order valence-electron chi connectivity index (χ1n) is 19.2. The van der Waals surface area contributed by atoms with Gasteiger partial charge < -0.3 is 0 Å². The highest BCUT2D eigenvalue weighted by molar-refractivity contribution is 8.13. The largest absolute Gasteiger partial charge is 0.261 e. The number of hydrogen-bond acceptors (Lipinski definition) is 2. The van der Waals surface area contributed by atoms with Crippen LogP contribution in [0.15, 0.2) is 59.3 Å². The van der Waals surface area contributed by atoms with E-state index in [-0.39, 0.29) is 0 Å². The summed E-state index contributed by atoms with van der Waals surface area (Å²) in [6, 6.07) is -10.8. The monoisotopic (exact) mass is 393 g/mol. The van der Waals surface area contributed by atoms with Crippen molar-refractivity contribution >= 4 is 19.7 Å². The molecule has 0 atom stereocenters. The zero-order valence-corrected chi connectivity index (χ0v) is 13.2. The van der Waals surface area contributed by atoms with Gasteiger partial charge in [-0.1, -0.05) is 83.4 Å². The van der Waals surface area contributed by atoms with Crippen molar-refractivity contribution in [3.05, 3.63) is 65.5 Å². The van der Waals surface area contributed by atoms with Gasteiger partial charge in [0.05, 0.1) is 17.2 Å². The summed E-state index contributed by atoms with van der Waals surface area (Å²) >= 11 is 0. The summed E-state index contributed by atoms with van der Waals surface area (Å²) in [5, 5.41) is 0. The predicted molar refractivity (Wildman–Crippen MR) is 103 cm³/mol. The Morgan fingerprint density at radius 1 is 0.792 bits per heavy atom. The third-order valence-electron chi connectivity index (χ3n) is 2.10. The minimum Gasteiger partial charge on any atom is -0.207 e. The van der Waals surface area contributed by atoms with E-state index in [1.54, 1.807) is 0 Å². The summed E-state index contributed by atoms with van der Waals surface area (Å²) in [5.74, 6) is 0. The maximum Gasteiger partial charge on any atom is 0.261 e. The molecule has 0 spiro atoms. The quantitative estimate of drug-likeness (QED) is 0.565. The van der Waals surface area contributed by atoms with Crippen LogP contribution in [0.4, 0.5) is 0 Å². The molecular weight excluding hydrogens is 340 g/mol. The maximum atomic E-state index is 11.6. The Hall–Kier alpha value is -1.32. The van der Waals surface area contributed by atoms with Gasteiger partial charge in [0.25, 0.3) is 9.05 Å². The summed E-state index contributed by atoms with van der Waals surface area (Å²) in [5.41, 5.74) is -10.2. The molecule has 132 valence electrons. The lowest BCUT2D eigenvalue weighted by Crippen LogP contribution is -2.10. The fourth-order valence-corrected chi connectivity index (χ4v) is 1.63. The van der Waals surface area contributed by atoms with Crippen molar-refractivity contribution in [3.8, 4) is 0 Å². The van der Waals surface area contributed by atoms with E-state index in [4.69, 9.17) is 47.7 Å². The molecule has 0 aliphatic carbocycles. The van der Waals surface area contributed by atoms with Gasteiger partial charge in [-0.3, -0.25) is 0 Å². The first kappa shape index (κ1) is 4.32. The summed E-state index contributed by atoms with van der Waals surface area (Å²) in [7, 11) is 0.239. The van der Waals surface area contributed by atoms with E-state index in [1.165, 1.54) is 0 Å². The molecule has 0 unspecified atom stereocenters. The molecule has 2 aromatic rings. The van der Waals surface area contributed by atoms with Gasteiger partial charge >= 0.3 is 0 Å². The van der Waals surface area contributed by atoms with Crippen LogP contribution in [0.5, 0.6) is 0 Å². The van der Waals surface area contributed by atoms with Crippen LogP contribution < -0.4 is 0 Å². The number of benzene rings is 2. The lowest BCUT2D eigenvalue weighted by Gasteiger charge is -2.18. The average molecular weight is 394 g/mol. The zero-order chi connectivity index (χ0) is 41.4. The van der Waals surface area contributed by atoms with Crippen molar-refractivity contribution in [1.29, 1.82) is 0 Å². The molecule has 2 rings (SSSR count). The van der Waals surface area contributed by atoms with E-state index >= 15 is 0 Å². The van der Waals surface area contributed by atoms with E-state index < -0.39 is 131 Å². The number of rotatable bonds is 1. The first-order chi connectivity index (χ1) is 22.1. The minimum absolute atomic E-state index is 0.885. The summed E-state index contributed by atoms with van der Waals surface area (Å²) < 4.78 is 229. The summed E-state index contributed by atoms with van der Waals surface area (Å²) in [6.45, 7) is -22.6. The van der Waals surface area contributed by atoms with Gasteiger partial charge in [-0.05, 0) is 34.0 Å². The van der Waals surface area contributed by atoms with Gasteiger partial charge in [0.2, 0.25) is 0 Å². The second-order valence-corrected chi connectivity index (χ2v) is 6.64. The molecule has 0 aliphatic rings. The van der Waals surface area contributed by atoms with Crippen molar-refractivity contribution in [2.45, 2.75) is 56.8 Å². The first-order valence-corrected chi connectivity index (χ1v) is 8.00. The molecule has 2 aromatic carbocycles. The van der Waals surface area contributed by atoms with Gasteiger partial charge in [-0.15, -0.1) is 0 Å². The highest BCUT2D eigenvalue weighted by Crippen LogP contribution is 2.24. The van der Waals surface area contributed by atoms with Crippen LogP contribution in [0.1, 0.15) is 89.2 Å². The summed E-state index contributed by atoms with van der Waals surface area (Å²) in [4.78, 5) is -1.32. The molecule has 0 aromatic heterocycles. The maximum absolute atomic E-state index is 11.6. The van der Waals surface area contributed by atoms with Gasteiger partial charge in [0.15, 0.2) is 0 Å². The highest BCUT2D eigenvalue weighted by Gasteiger charge is 2.15. The Morgan fingerprint density at radius 2 is 1.21 bits per heavy atom. The van der Waals surface area contributed by atoms with Crippen molar-refractivity contribution in [1.82, 2.24) is 0 Å². The van der Waals surface area contributed by atoms with E-state index in [2.05, 4.69) is 0 Å². The van der Waals surface area contributed by atoms with Crippen LogP contribution in [0, 0.1) is 0 Å². The molecule has 2 nitrogen and oxygen atoms in total. The van der Waals surface area contributed by atoms with Crippen LogP contribution in [0.3, 0.4) is 0 Å². The summed E-state index contributed by atoms with van der Waals surface area (Å²) in [6.07, 6.45) is 0. The highest BCUT2D eigenvalue weighted by atomic mass is 35.7. The van der Waals surface area contributed by atoms with E-state index in [9.17, 15) is 8.42 Å². The molecule has 0 bridgehead atoms. The molecule has 0 radical (unpaired) electrons. The van der Waals surface area contributed by atoms with Gasteiger partial charge in [0.1, 0.15) is 0 Å². The van der Waals surface area contributed by atoms with Crippen molar-refractivity contribution < 1.29 is 45.4 Å². The Morgan fingerprint density at radius 3 is 1.58 bits per heavy atom. The predicted octanol–water partition coefficient (Wildman–Crippen LogP) is 5.90. The SMILES string of the molecule is [2H]c1c([2H])c(S(=O)(=O)Cl)c([2H])c([2H])c1C(C([2H])([2H])[2H])(C([2H])([2H])[2H])C([2H])([2H])[2H].[2H]c1c([2H])c([2H])c(C(C([2H])([2H])[2H])(C([2H])([2H])[2H])C([2H])([2H])[2H])c([2H])c1[2H]. The molecule has 0 saturated carbocycles. The third kappa shape index (κ3) is 6.66.